The van der Waals surface area contributed by atoms with Crippen LogP contribution >= 0.6 is 0 Å². The molecular weight excluding hydrogens is 228 g/mol. The zero-order valence-electron chi connectivity index (χ0n) is 11.9. The molecule has 0 bridgehead atoms. The maximum absolute atomic E-state index is 9.18. The van der Waals surface area contributed by atoms with Crippen LogP contribution in [0.4, 0.5) is 0 Å². The van der Waals surface area contributed by atoms with Crippen molar-refractivity contribution >= 4 is 6.47 Å². The van der Waals surface area contributed by atoms with E-state index in [0.29, 0.717) is 13.1 Å². The molecule has 4 nitrogen and oxygen atoms in total. The Kier molecular flexibility index (Phi) is 7.28. The molecule has 2 heterocycles. The molecule has 106 valence electrons. The molecular formula is C14H28N2O2. The summed E-state index contributed by atoms with van der Waals surface area (Å²) in [5, 5.41) is 3.47. The molecule has 1 spiro atoms. The highest BCUT2D eigenvalue weighted by Crippen LogP contribution is 2.39. The first-order chi connectivity index (χ1) is 8.76. The van der Waals surface area contributed by atoms with Crippen LogP contribution in [0.1, 0.15) is 39.5 Å². The summed E-state index contributed by atoms with van der Waals surface area (Å²) in [6.45, 7) is 11.4. The topological polar surface area (TPSA) is 41.6 Å². The van der Waals surface area contributed by atoms with Crippen LogP contribution in [0.5, 0.6) is 0 Å². The molecule has 0 aliphatic carbocycles. The molecule has 2 aliphatic rings. The summed E-state index contributed by atoms with van der Waals surface area (Å²) < 4.78 is 4.15. The predicted molar refractivity (Wildman–Crippen MR) is 73.6 cm³/mol. The van der Waals surface area contributed by atoms with E-state index in [0.717, 1.165) is 5.41 Å². The molecule has 4 heteroatoms. The fourth-order valence-corrected chi connectivity index (χ4v) is 2.87. The van der Waals surface area contributed by atoms with Gasteiger partial charge in [-0.25, -0.2) is 0 Å². The van der Waals surface area contributed by atoms with Crippen LogP contribution in [0, 0.1) is 5.41 Å². The maximum Gasteiger partial charge on any atom is 0.293 e. The lowest BCUT2D eigenvalue weighted by molar-refractivity contribution is -0.128. The summed E-state index contributed by atoms with van der Waals surface area (Å²) >= 11 is 0. The Labute approximate surface area is 111 Å². The first-order valence-electron chi connectivity index (χ1n) is 7.24. The van der Waals surface area contributed by atoms with Crippen molar-refractivity contribution in [2.45, 2.75) is 39.5 Å². The minimum absolute atomic E-state index is 0.431. The Morgan fingerprint density at radius 3 is 2.17 bits per heavy atom. The van der Waals surface area contributed by atoms with Crippen molar-refractivity contribution in [2.24, 2.45) is 5.41 Å². The van der Waals surface area contributed by atoms with E-state index in [1.165, 1.54) is 58.4 Å². The van der Waals surface area contributed by atoms with Gasteiger partial charge in [-0.05, 0) is 70.7 Å². The van der Waals surface area contributed by atoms with Crippen LogP contribution in [-0.2, 0) is 9.53 Å². The molecule has 0 aromatic carbocycles. The van der Waals surface area contributed by atoms with Gasteiger partial charge < -0.3 is 15.0 Å². The summed E-state index contributed by atoms with van der Waals surface area (Å²) in [7, 11) is 0. The van der Waals surface area contributed by atoms with Crippen LogP contribution in [0.2, 0.25) is 0 Å². The smallest absolute Gasteiger partial charge is 0.293 e. The van der Waals surface area contributed by atoms with Crippen molar-refractivity contribution in [1.29, 1.82) is 0 Å². The molecule has 18 heavy (non-hydrogen) atoms. The second-order valence-corrected chi connectivity index (χ2v) is 5.24. The van der Waals surface area contributed by atoms with Gasteiger partial charge in [0.15, 0.2) is 0 Å². The minimum Gasteiger partial charge on any atom is -0.468 e. The number of hydrogen-bond donors (Lipinski definition) is 1. The van der Waals surface area contributed by atoms with E-state index in [-0.39, 0.29) is 0 Å². The third kappa shape index (κ3) is 4.94. The van der Waals surface area contributed by atoms with Gasteiger partial charge in [-0.15, -0.1) is 0 Å². The first-order valence-corrected chi connectivity index (χ1v) is 7.24. The maximum atomic E-state index is 9.18. The third-order valence-corrected chi connectivity index (χ3v) is 4.26. The highest BCUT2D eigenvalue weighted by Gasteiger charge is 2.34. The Hall–Kier alpha value is -0.610. The van der Waals surface area contributed by atoms with Gasteiger partial charge in [0.05, 0.1) is 6.61 Å². The Balaban J connectivity index is 0.000000280. The molecule has 1 N–H and O–H groups in total. The number of carbonyl (C=O) groups is 1. The van der Waals surface area contributed by atoms with E-state index in [1.807, 2.05) is 0 Å². The van der Waals surface area contributed by atoms with E-state index >= 15 is 0 Å². The number of hydrogen-bond acceptors (Lipinski definition) is 4. The van der Waals surface area contributed by atoms with Crippen molar-refractivity contribution in [1.82, 2.24) is 10.2 Å². The number of likely N-dealkylation sites (tertiary alicyclic amines) is 1. The first kappa shape index (κ1) is 15.4. The molecule has 2 aliphatic heterocycles. The van der Waals surface area contributed by atoms with Crippen molar-refractivity contribution in [3.05, 3.63) is 0 Å². The van der Waals surface area contributed by atoms with Gasteiger partial charge >= 0.3 is 0 Å². The minimum atomic E-state index is 0.431. The van der Waals surface area contributed by atoms with Crippen molar-refractivity contribution in [3.63, 3.8) is 0 Å². The predicted octanol–water partition coefficient (Wildman–Crippen LogP) is 1.65. The van der Waals surface area contributed by atoms with Crippen LogP contribution in [0.3, 0.4) is 0 Å². The molecule has 2 saturated heterocycles. The van der Waals surface area contributed by atoms with Gasteiger partial charge in [0.25, 0.3) is 6.47 Å². The van der Waals surface area contributed by atoms with Gasteiger partial charge in [0, 0.05) is 0 Å². The monoisotopic (exact) mass is 256 g/mol. The van der Waals surface area contributed by atoms with E-state index < -0.39 is 0 Å². The molecule has 0 aromatic rings. The molecule has 0 amide bonds. The van der Waals surface area contributed by atoms with Crippen LogP contribution in [0.25, 0.3) is 0 Å². The van der Waals surface area contributed by atoms with E-state index in [9.17, 15) is 4.79 Å². The van der Waals surface area contributed by atoms with Gasteiger partial charge in [0.2, 0.25) is 0 Å². The number of rotatable bonds is 3. The normalized spacial score (nSPS) is 23.0. The standard InChI is InChI=1S/C11H22N2.C3H6O2/c1-2-13-9-5-11(6-10-13)3-7-12-8-4-11;1-2-5-3-4/h12H,2-10H2,1H3;3H,2H2,1H3. The van der Waals surface area contributed by atoms with Gasteiger partial charge in [-0.1, -0.05) is 6.92 Å². The quantitative estimate of drug-likeness (QED) is 0.780. The number of carbonyl (C=O) groups excluding carboxylic acids is 1. The van der Waals surface area contributed by atoms with Crippen LogP contribution < -0.4 is 5.32 Å². The molecule has 0 aromatic heterocycles. The number of nitrogens with one attached hydrogen (secondary N) is 1. The average Bonchev–Trinajstić information content (AvgIpc) is 2.42. The molecule has 0 atom stereocenters. The van der Waals surface area contributed by atoms with Crippen LogP contribution in [0.15, 0.2) is 0 Å². The lowest BCUT2D eigenvalue weighted by atomic mass is 9.71. The summed E-state index contributed by atoms with van der Waals surface area (Å²) in [5.74, 6) is 0. The van der Waals surface area contributed by atoms with Crippen molar-refractivity contribution < 1.29 is 9.53 Å². The zero-order chi connectivity index (χ0) is 13.3. The number of piperidine rings is 2. The second kappa shape index (κ2) is 8.48. The highest BCUT2D eigenvalue weighted by atomic mass is 16.5. The average molecular weight is 256 g/mol. The third-order valence-electron chi connectivity index (χ3n) is 4.26. The van der Waals surface area contributed by atoms with Gasteiger partial charge in [-0.3, -0.25) is 4.79 Å². The Morgan fingerprint density at radius 2 is 1.78 bits per heavy atom. The largest absolute Gasteiger partial charge is 0.468 e. The molecule has 2 rings (SSSR count). The number of nitrogens with zero attached hydrogens (tertiary/aromatic N) is 1. The Bertz CT molecular complexity index is 218. The lowest BCUT2D eigenvalue weighted by Gasteiger charge is -2.44. The van der Waals surface area contributed by atoms with E-state index in [4.69, 9.17) is 0 Å². The van der Waals surface area contributed by atoms with Gasteiger partial charge in [0.1, 0.15) is 0 Å². The summed E-state index contributed by atoms with van der Waals surface area (Å²) in [5.41, 5.74) is 0.733. The molecule has 0 radical (unpaired) electrons. The van der Waals surface area contributed by atoms with E-state index in [2.05, 4.69) is 21.9 Å². The van der Waals surface area contributed by atoms with E-state index in [1.54, 1.807) is 6.92 Å². The Morgan fingerprint density at radius 1 is 1.17 bits per heavy atom. The molecule has 0 unspecified atom stereocenters. The summed E-state index contributed by atoms with van der Waals surface area (Å²) in [6, 6.07) is 0. The highest BCUT2D eigenvalue weighted by molar-refractivity contribution is 5.36. The fourth-order valence-electron chi connectivity index (χ4n) is 2.87. The molecule has 2 fully saturated rings. The fraction of sp³-hybridized carbons (Fsp3) is 0.929. The summed E-state index contributed by atoms with van der Waals surface area (Å²) in [6.07, 6.45) is 5.74. The zero-order valence-corrected chi connectivity index (χ0v) is 11.9. The van der Waals surface area contributed by atoms with Crippen LogP contribution in [-0.4, -0.2) is 50.7 Å². The van der Waals surface area contributed by atoms with Crippen molar-refractivity contribution in [2.75, 3.05) is 39.3 Å². The second-order valence-electron chi connectivity index (χ2n) is 5.24. The SMILES string of the molecule is CCN1CCC2(CCNCC2)CC1.CCOC=O. The van der Waals surface area contributed by atoms with Crippen molar-refractivity contribution in [3.8, 4) is 0 Å². The summed E-state index contributed by atoms with van der Waals surface area (Å²) in [4.78, 5) is 11.8. The lowest BCUT2D eigenvalue weighted by Crippen LogP contribution is -2.45. The van der Waals surface area contributed by atoms with Gasteiger partial charge in [-0.2, -0.15) is 0 Å². The molecule has 0 saturated carbocycles. The number of ether oxygens (including phenoxy) is 1.